The number of nitrogens with zero attached hydrogens (tertiary/aromatic N) is 1. The van der Waals surface area contributed by atoms with Crippen LogP contribution in [0.15, 0.2) is 12.7 Å². The standard InChI is InChI=1S/C34H57NO3/c1-3-34(36)38-33-21-13-27(14-22-33)26-11-17-29(18-12-26)35(28-15-9-25(2)10-16-28)30-19-23-32(24-20-30)37-31-7-5-4-6-8-31/h3,25-33H,1,4-24H2,2H3. The van der Waals surface area contributed by atoms with Gasteiger partial charge in [0.25, 0.3) is 0 Å². The fourth-order valence-electron chi connectivity index (χ4n) is 9.15. The lowest BCUT2D eigenvalue weighted by molar-refractivity contribution is -0.145. The first-order valence-corrected chi connectivity index (χ1v) is 16.8. The Morgan fingerprint density at radius 3 is 1.61 bits per heavy atom. The van der Waals surface area contributed by atoms with Gasteiger partial charge in [0.05, 0.1) is 12.2 Å². The molecule has 0 spiro atoms. The molecular weight excluding hydrogens is 470 g/mol. The van der Waals surface area contributed by atoms with Crippen molar-refractivity contribution in [2.24, 2.45) is 17.8 Å². The molecule has 0 aliphatic heterocycles. The van der Waals surface area contributed by atoms with E-state index in [1.807, 2.05) is 0 Å². The molecule has 0 N–H and O–H groups in total. The second-order valence-electron chi connectivity index (χ2n) is 13.9. The zero-order chi connectivity index (χ0) is 26.3. The first-order chi connectivity index (χ1) is 18.6. The number of carbonyl (C=O) groups excluding carboxylic acids is 1. The molecule has 0 aromatic carbocycles. The number of rotatable bonds is 8. The Morgan fingerprint density at radius 2 is 1.05 bits per heavy atom. The van der Waals surface area contributed by atoms with Gasteiger partial charge in [0.2, 0.25) is 0 Å². The highest BCUT2D eigenvalue weighted by molar-refractivity contribution is 5.81. The van der Waals surface area contributed by atoms with Gasteiger partial charge in [0.1, 0.15) is 6.10 Å². The van der Waals surface area contributed by atoms with Gasteiger partial charge < -0.3 is 9.47 Å². The normalized spacial score (nSPS) is 39.5. The van der Waals surface area contributed by atoms with E-state index in [1.165, 1.54) is 128 Å². The fraction of sp³-hybridized carbons (Fsp3) is 0.912. The number of esters is 1. The van der Waals surface area contributed by atoms with E-state index in [0.717, 1.165) is 48.7 Å². The van der Waals surface area contributed by atoms with Gasteiger partial charge in [-0.1, -0.05) is 32.8 Å². The van der Waals surface area contributed by atoms with E-state index >= 15 is 0 Å². The largest absolute Gasteiger partial charge is 0.459 e. The molecule has 38 heavy (non-hydrogen) atoms. The van der Waals surface area contributed by atoms with Gasteiger partial charge in [-0.05, 0) is 133 Å². The van der Waals surface area contributed by atoms with E-state index in [1.54, 1.807) is 0 Å². The summed E-state index contributed by atoms with van der Waals surface area (Å²) in [5, 5.41) is 0. The minimum atomic E-state index is -0.249. The Kier molecular flexibility index (Phi) is 10.7. The summed E-state index contributed by atoms with van der Waals surface area (Å²) in [6.07, 6.45) is 30.5. The Balaban J connectivity index is 1.12. The summed E-state index contributed by atoms with van der Waals surface area (Å²) in [4.78, 5) is 14.7. The van der Waals surface area contributed by atoms with E-state index in [4.69, 9.17) is 9.47 Å². The minimum Gasteiger partial charge on any atom is -0.459 e. The minimum absolute atomic E-state index is 0.120. The molecule has 5 rings (SSSR count). The van der Waals surface area contributed by atoms with Gasteiger partial charge in [-0.25, -0.2) is 4.79 Å². The number of hydrogen-bond acceptors (Lipinski definition) is 4. The average Bonchev–Trinajstić information content (AvgIpc) is 2.96. The molecule has 0 atom stereocenters. The molecule has 5 aliphatic rings. The van der Waals surface area contributed by atoms with E-state index in [9.17, 15) is 4.79 Å². The van der Waals surface area contributed by atoms with Gasteiger partial charge in [0, 0.05) is 24.2 Å². The van der Waals surface area contributed by atoms with E-state index < -0.39 is 0 Å². The molecule has 5 fully saturated rings. The molecule has 216 valence electrons. The zero-order valence-corrected chi connectivity index (χ0v) is 24.5. The van der Waals surface area contributed by atoms with Crippen LogP contribution >= 0.6 is 0 Å². The van der Waals surface area contributed by atoms with Crippen molar-refractivity contribution in [3.05, 3.63) is 12.7 Å². The molecule has 5 aliphatic carbocycles. The summed E-state index contributed by atoms with van der Waals surface area (Å²) >= 11 is 0. The van der Waals surface area contributed by atoms with Gasteiger partial charge >= 0.3 is 5.97 Å². The van der Waals surface area contributed by atoms with Crippen molar-refractivity contribution in [2.45, 2.75) is 178 Å². The van der Waals surface area contributed by atoms with Crippen LogP contribution in [0.2, 0.25) is 0 Å². The Morgan fingerprint density at radius 1 is 0.605 bits per heavy atom. The number of hydrogen-bond donors (Lipinski definition) is 0. The highest BCUT2D eigenvalue weighted by Crippen LogP contribution is 2.43. The van der Waals surface area contributed by atoms with Crippen molar-refractivity contribution in [3.63, 3.8) is 0 Å². The van der Waals surface area contributed by atoms with Gasteiger partial charge in [-0.15, -0.1) is 0 Å². The molecule has 5 saturated carbocycles. The maximum Gasteiger partial charge on any atom is 0.330 e. The van der Waals surface area contributed by atoms with Crippen LogP contribution < -0.4 is 0 Å². The fourth-order valence-corrected chi connectivity index (χ4v) is 9.15. The van der Waals surface area contributed by atoms with E-state index in [-0.39, 0.29) is 12.1 Å². The monoisotopic (exact) mass is 527 g/mol. The van der Waals surface area contributed by atoms with Crippen LogP contribution in [0, 0.1) is 17.8 Å². The summed E-state index contributed by atoms with van der Waals surface area (Å²) < 4.78 is 12.2. The molecule has 0 aromatic heterocycles. The molecule has 0 amide bonds. The van der Waals surface area contributed by atoms with Crippen molar-refractivity contribution >= 4 is 5.97 Å². The highest BCUT2D eigenvalue weighted by atomic mass is 16.5. The van der Waals surface area contributed by atoms with Gasteiger partial charge in [-0.3, -0.25) is 4.90 Å². The van der Waals surface area contributed by atoms with Crippen LogP contribution in [0.1, 0.15) is 142 Å². The van der Waals surface area contributed by atoms with Crippen molar-refractivity contribution in [1.82, 2.24) is 4.90 Å². The topological polar surface area (TPSA) is 38.8 Å². The van der Waals surface area contributed by atoms with Crippen LogP contribution in [-0.2, 0) is 14.3 Å². The Labute approximate surface area is 233 Å². The summed E-state index contributed by atoms with van der Waals surface area (Å²) in [6, 6.07) is 2.41. The molecule has 4 nitrogen and oxygen atoms in total. The van der Waals surface area contributed by atoms with Crippen LogP contribution in [0.4, 0.5) is 0 Å². The van der Waals surface area contributed by atoms with E-state index in [0.29, 0.717) is 12.2 Å². The van der Waals surface area contributed by atoms with Crippen LogP contribution in [0.5, 0.6) is 0 Å². The maximum atomic E-state index is 11.6. The molecule has 0 unspecified atom stereocenters. The van der Waals surface area contributed by atoms with E-state index in [2.05, 4.69) is 18.4 Å². The third kappa shape index (κ3) is 7.65. The second-order valence-corrected chi connectivity index (χ2v) is 13.9. The van der Waals surface area contributed by atoms with Crippen LogP contribution in [-0.4, -0.2) is 47.3 Å². The van der Waals surface area contributed by atoms with Crippen LogP contribution in [0.25, 0.3) is 0 Å². The van der Waals surface area contributed by atoms with Crippen LogP contribution in [0.3, 0.4) is 0 Å². The summed E-state index contributed by atoms with van der Waals surface area (Å²) in [5.41, 5.74) is 0. The Bertz CT molecular complexity index is 716. The predicted molar refractivity (Wildman–Crippen MR) is 155 cm³/mol. The number of carbonyl (C=O) groups is 1. The summed E-state index contributed by atoms with van der Waals surface area (Å²) in [6.45, 7) is 6.01. The van der Waals surface area contributed by atoms with Gasteiger partial charge in [0.15, 0.2) is 0 Å². The molecule has 0 radical (unpaired) electrons. The van der Waals surface area contributed by atoms with Gasteiger partial charge in [-0.2, -0.15) is 0 Å². The molecule has 4 heteroatoms. The molecular formula is C34H57NO3. The van der Waals surface area contributed by atoms with Crippen molar-refractivity contribution in [1.29, 1.82) is 0 Å². The van der Waals surface area contributed by atoms with Crippen molar-refractivity contribution in [3.8, 4) is 0 Å². The van der Waals surface area contributed by atoms with Crippen molar-refractivity contribution in [2.75, 3.05) is 0 Å². The third-order valence-corrected chi connectivity index (χ3v) is 11.4. The lowest BCUT2D eigenvalue weighted by Crippen LogP contribution is -2.53. The molecule has 0 aromatic rings. The Hall–Kier alpha value is -0.870. The third-order valence-electron chi connectivity index (χ3n) is 11.4. The first-order valence-electron chi connectivity index (χ1n) is 16.8. The zero-order valence-electron chi connectivity index (χ0n) is 24.5. The lowest BCUT2D eigenvalue weighted by Gasteiger charge is -2.50. The smallest absolute Gasteiger partial charge is 0.330 e. The second kappa shape index (κ2) is 14.2. The quantitative estimate of drug-likeness (QED) is 0.235. The SMILES string of the molecule is C=CC(=O)OC1CCC(C2CCC(N(C3CCC(C)CC3)C3CCC(OC4CCCCC4)CC3)CC2)CC1. The number of ether oxygens (including phenoxy) is 2. The molecule has 0 bridgehead atoms. The molecule has 0 heterocycles. The highest BCUT2D eigenvalue weighted by Gasteiger charge is 2.40. The summed E-state index contributed by atoms with van der Waals surface area (Å²) in [7, 11) is 0. The predicted octanol–water partition coefficient (Wildman–Crippen LogP) is 8.37. The first kappa shape index (κ1) is 28.7. The molecule has 0 saturated heterocycles. The maximum absolute atomic E-state index is 11.6. The lowest BCUT2D eigenvalue weighted by atomic mass is 9.71. The average molecular weight is 528 g/mol. The van der Waals surface area contributed by atoms with Crippen molar-refractivity contribution < 1.29 is 14.3 Å². The summed E-state index contributed by atoms with van der Waals surface area (Å²) in [5.74, 6) is 2.39.